The molecule has 0 bridgehead atoms. The summed E-state index contributed by atoms with van der Waals surface area (Å²) in [6.07, 6.45) is 5.86. The zero-order valence-corrected chi connectivity index (χ0v) is 14.9. The highest BCUT2D eigenvalue weighted by molar-refractivity contribution is 5.95. The van der Waals surface area contributed by atoms with Gasteiger partial charge in [-0.3, -0.25) is 0 Å². The van der Waals surface area contributed by atoms with Crippen LogP contribution in [0.5, 0.6) is 11.5 Å². The molecule has 2 aromatic carbocycles. The Kier molecular flexibility index (Phi) is 7.68. The van der Waals surface area contributed by atoms with Crippen LogP contribution in [0.1, 0.15) is 59.7 Å². The minimum atomic E-state index is -1.14. The van der Waals surface area contributed by atoms with Gasteiger partial charge in [-0.15, -0.1) is 0 Å². The fourth-order valence-corrected chi connectivity index (χ4v) is 2.47. The highest BCUT2D eigenvalue weighted by Crippen LogP contribution is 2.20. The Morgan fingerprint density at radius 1 is 0.923 bits per heavy atom. The lowest BCUT2D eigenvalue weighted by molar-refractivity contribution is 0.0681. The Bertz CT molecular complexity index is 721. The molecule has 0 aliphatic rings. The van der Waals surface area contributed by atoms with Gasteiger partial charge in [0.25, 0.3) is 0 Å². The number of hydrogen-bond acceptors (Lipinski definition) is 4. The van der Waals surface area contributed by atoms with Gasteiger partial charge in [0.2, 0.25) is 0 Å². The highest BCUT2D eigenvalue weighted by atomic mass is 16.5. The van der Waals surface area contributed by atoms with Gasteiger partial charge in [0, 0.05) is 0 Å². The molecule has 0 spiro atoms. The maximum absolute atomic E-state index is 12.2. The predicted octanol–water partition coefficient (Wildman–Crippen LogP) is 4.95. The van der Waals surface area contributed by atoms with Crippen LogP contribution in [-0.2, 0) is 0 Å². The van der Waals surface area contributed by atoms with Crippen molar-refractivity contribution in [2.75, 3.05) is 6.61 Å². The maximum atomic E-state index is 12.2. The molecule has 138 valence electrons. The topological polar surface area (TPSA) is 72.8 Å². The number of para-hydroxylation sites is 1. The van der Waals surface area contributed by atoms with Crippen molar-refractivity contribution in [2.45, 2.75) is 39.0 Å². The van der Waals surface area contributed by atoms with Gasteiger partial charge in [0.05, 0.1) is 12.2 Å². The van der Waals surface area contributed by atoms with E-state index in [0.717, 1.165) is 12.8 Å². The summed E-state index contributed by atoms with van der Waals surface area (Å²) in [6, 6.07) is 12.7. The minimum absolute atomic E-state index is 0.0254. The van der Waals surface area contributed by atoms with E-state index in [4.69, 9.17) is 14.6 Å². The van der Waals surface area contributed by atoms with E-state index in [1.54, 1.807) is 36.4 Å². The molecule has 0 radical (unpaired) electrons. The van der Waals surface area contributed by atoms with Gasteiger partial charge < -0.3 is 14.6 Å². The van der Waals surface area contributed by atoms with E-state index in [1.165, 1.54) is 31.4 Å². The molecule has 0 aliphatic carbocycles. The van der Waals surface area contributed by atoms with E-state index in [1.807, 2.05) is 0 Å². The van der Waals surface area contributed by atoms with Crippen LogP contribution in [-0.4, -0.2) is 23.7 Å². The summed E-state index contributed by atoms with van der Waals surface area (Å²) in [5, 5.41) is 9.13. The molecule has 1 N–H and O–H groups in total. The molecule has 5 heteroatoms. The van der Waals surface area contributed by atoms with Gasteiger partial charge in [0.15, 0.2) is 0 Å². The van der Waals surface area contributed by atoms with Gasteiger partial charge in [0.1, 0.15) is 17.1 Å². The fourth-order valence-electron chi connectivity index (χ4n) is 2.47. The van der Waals surface area contributed by atoms with E-state index in [9.17, 15) is 9.59 Å². The first kappa shape index (κ1) is 19.5. The Balaban J connectivity index is 1.88. The molecule has 2 aromatic rings. The smallest absolute Gasteiger partial charge is 0.343 e. The fraction of sp³-hybridized carbons (Fsp3) is 0.333. The third kappa shape index (κ3) is 5.92. The molecular formula is C21H24O5. The van der Waals surface area contributed by atoms with Crippen LogP contribution in [0.15, 0.2) is 48.5 Å². The molecular weight excluding hydrogens is 332 g/mol. The quantitative estimate of drug-likeness (QED) is 0.370. The first-order chi connectivity index (χ1) is 12.6. The molecule has 0 aromatic heterocycles. The summed E-state index contributed by atoms with van der Waals surface area (Å²) in [4.78, 5) is 23.4. The third-order valence-corrected chi connectivity index (χ3v) is 3.93. The summed E-state index contributed by atoms with van der Waals surface area (Å²) in [5.74, 6) is -1.03. The van der Waals surface area contributed by atoms with Crippen molar-refractivity contribution in [1.82, 2.24) is 0 Å². The zero-order chi connectivity index (χ0) is 18.8. The minimum Gasteiger partial charge on any atom is -0.494 e. The molecule has 0 heterocycles. The van der Waals surface area contributed by atoms with Gasteiger partial charge >= 0.3 is 11.9 Å². The van der Waals surface area contributed by atoms with Crippen molar-refractivity contribution in [2.24, 2.45) is 0 Å². The van der Waals surface area contributed by atoms with Gasteiger partial charge in [-0.25, -0.2) is 9.59 Å². The van der Waals surface area contributed by atoms with Crippen LogP contribution in [0.3, 0.4) is 0 Å². The number of carbonyl (C=O) groups excluding carboxylic acids is 1. The molecule has 0 saturated heterocycles. The lowest BCUT2D eigenvalue weighted by Crippen LogP contribution is -2.11. The number of rotatable bonds is 10. The van der Waals surface area contributed by atoms with E-state index in [2.05, 4.69) is 6.92 Å². The Morgan fingerprint density at radius 2 is 1.62 bits per heavy atom. The Hall–Kier alpha value is -2.82. The van der Waals surface area contributed by atoms with Crippen LogP contribution < -0.4 is 9.47 Å². The highest BCUT2D eigenvalue weighted by Gasteiger charge is 2.15. The normalized spacial score (nSPS) is 10.3. The van der Waals surface area contributed by atoms with E-state index in [0.29, 0.717) is 17.9 Å². The molecule has 5 nitrogen and oxygen atoms in total. The van der Waals surface area contributed by atoms with E-state index in [-0.39, 0.29) is 11.3 Å². The number of unbranched alkanes of at least 4 members (excludes halogenated alkanes) is 4. The molecule has 0 saturated carbocycles. The van der Waals surface area contributed by atoms with E-state index < -0.39 is 11.9 Å². The van der Waals surface area contributed by atoms with Crippen molar-refractivity contribution >= 4 is 11.9 Å². The lowest BCUT2D eigenvalue weighted by atomic mass is 10.2. The zero-order valence-electron chi connectivity index (χ0n) is 14.9. The van der Waals surface area contributed by atoms with Crippen LogP contribution in [0.25, 0.3) is 0 Å². The Morgan fingerprint density at radius 3 is 2.31 bits per heavy atom. The van der Waals surface area contributed by atoms with Crippen molar-refractivity contribution in [3.8, 4) is 11.5 Å². The molecule has 2 rings (SSSR count). The van der Waals surface area contributed by atoms with Crippen LogP contribution >= 0.6 is 0 Å². The van der Waals surface area contributed by atoms with Crippen molar-refractivity contribution in [1.29, 1.82) is 0 Å². The third-order valence-electron chi connectivity index (χ3n) is 3.93. The van der Waals surface area contributed by atoms with E-state index >= 15 is 0 Å². The SMILES string of the molecule is CCCCCCCOc1ccc(C(=O)Oc2ccccc2C(=O)O)cc1. The number of hydrogen-bond donors (Lipinski definition) is 1. The van der Waals surface area contributed by atoms with Crippen molar-refractivity contribution in [3.05, 3.63) is 59.7 Å². The first-order valence-corrected chi connectivity index (χ1v) is 8.89. The number of aromatic carboxylic acids is 1. The Labute approximate surface area is 153 Å². The largest absolute Gasteiger partial charge is 0.494 e. The van der Waals surface area contributed by atoms with Crippen LogP contribution in [0.4, 0.5) is 0 Å². The van der Waals surface area contributed by atoms with Crippen LogP contribution in [0, 0.1) is 0 Å². The monoisotopic (exact) mass is 356 g/mol. The summed E-state index contributed by atoms with van der Waals surface area (Å²) < 4.78 is 10.9. The number of carboxylic acid groups (broad SMARTS) is 1. The first-order valence-electron chi connectivity index (χ1n) is 8.89. The number of ether oxygens (including phenoxy) is 2. The number of benzene rings is 2. The summed E-state index contributed by atoms with van der Waals surface area (Å²) in [7, 11) is 0. The average Bonchev–Trinajstić information content (AvgIpc) is 2.65. The van der Waals surface area contributed by atoms with Gasteiger partial charge in [-0.05, 0) is 42.8 Å². The van der Waals surface area contributed by atoms with Gasteiger partial charge in [-0.1, -0.05) is 44.7 Å². The second kappa shape index (κ2) is 10.2. The summed E-state index contributed by atoms with van der Waals surface area (Å²) in [5.41, 5.74) is 0.282. The molecule has 0 atom stereocenters. The summed E-state index contributed by atoms with van der Waals surface area (Å²) >= 11 is 0. The standard InChI is InChI=1S/C21H24O5/c1-2-3-4-5-8-15-25-17-13-11-16(12-14-17)21(24)26-19-10-7-6-9-18(19)20(22)23/h6-7,9-14H,2-5,8,15H2,1H3,(H,22,23). The van der Waals surface area contributed by atoms with Gasteiger partial charge in [-0.2, -0.15) is 0 Å². The summed E-state index contributed by atoms with van der Waals surface area (Å²) in [6.45, 7) is 2.84. The number of esters is 1. The molecule has 26 heavy (non-hydrogen) atoms. The maximum Gasteiger partial charge on any atom is 0.343 e. The second-order valence-corrected chi connectivity index (χ2v) is 5.98. The molecule has 0 aliphatic heterocycles. The lowest BCUT2D eigenvalue weighted by Gasteiger charge is -2.09. The second-order valence-electron chi connectivity index (χ2n) is 5.98. The number of carbonyl (C=O) groups is 2. The molecule has 0 unspecified atom stereocenters. The molecule has 0 fully saturated rings. The average molecular weight is 356 g/mol. The number of carboxylic acids is 1. The molecule has 0 amide bonds. The van der Waals surface area contributed by atoms with Crippen molar-refractivity contribution < 1.29 is 24.2 Å². The van der Waals surface area contributed by atoms with Crippen LogP contribution in [0.2, 0.25) is 0 Å². The predicted molar refractivity (Wildman–Crippen MR) is 99.1 cm³/mol. The van der Waals surface area contributed by atoms with Crippen molar-refractivity contribution in [3.63, 3.8) is 0 Å².